The predicted octanol–water partition coefficient (Wildman–Crippen LogP) is 4.01. The number of anilines is 1. The van der Waals surface area contributed by atoms with Crippen molar-refractivity contribution in [2.45, 2.75) is 45.6 Å². The molecule has 0 radical (unpaired) electrons. The van der Waals surface area contributed by atoms with Gasteiger partial charge >= 0.3 is 0 Å². The van der Waals surface area contributed by atoms with Crippen molar-refractivity contribution in [1.29, 1.82) is 0 Å². The Kier molecular flexibility index (Phi) is 5.72. The summed E-state index contributed by atoms with van der Waals surface area (Å²) in [6, 6.07) is 6.95. The van der Waals surface area contributed by atoms with E-state index >= 15 is 0 Å². The van der Waals surface area contributed by atoms with E-state index in [-0.39, 0.29) is 0 Å². The summed E-state index contributed by atoms with van der Waals surface area (Å²) in [6.07, 6.45) is 5.16. The number of benzene rings is 1. The van der Waals surface area contributed by atoms with E-state index in [1.165, 1.54) is 31.2 Å². The molecule has 0 heterocycles. The summed E-state index contributed by atoms with van der Waals surface area (Å²) in [5.41, 5.74) is 2.34. The Labute approximate surface area is 122 Å². The third kappa shape index (κ3) is 4.41. The molecule has 1 aliphatic rings. The lowest BCUT2D eigenvalue weighted by Crippen LogP contribution is -2.25. The van der Waals surface area contributed by atoms with Gasteiger partial charge in [0, 0.05) is 13.2 Å². The van der Waals surface area contributed by atoms with Crippen molar-refractivity contribution in [2.24, 2.45) is 5.92 Å². The molecule has 112 valence electrons. The molecular weight excluding hydrogens is 250 g/mol. The molecule has 20 heavy (non-hydrogen) atoms. The molecule has 2 rings (SSSR count). The third-order valence-corrected chi connectivity index (χ3v) is 4.06. The summed E-state index contributed by atoms with van der Waals surface area (Å²) < 4.78 is 10.9. The topological polar surface area (TPSA) is 30.5 Å². The number of aryl methyl sites for hydroxylation is 1. The smallest absolute Gasteiger partial charge is 0.142 e. The highest BCUT2D eigenvalue weighted by Gasteiger charge is 2.19. The Bertz CT molecular complexity index is 411. The summed E-state index contributed by atoms with van der Waals surface area (Å²) >= 11 is 0. The van der Waals surface area contributed by atoms with Crippen molar-refractivity contribution < 1.29 is 9.47 Å². The van der Waals surface area contributed by atoms with E-state index in [2.05, 4.69) is 37.4 Å². The highest BCUT2D eigenvalue weighted by molar-refractivity contribution is 5.58. The molecule has 3 nitrogen and oxygen atoms in total. The lowest BCUT2D eigenvalue weighted by molar-refractivity contribution is 0.146. The van der Waals surface area contributed by atoms with Gasteiger partial charge in [0.2, 0.25) is 0 Å². The summed E-state index contributed by atoms with van der Waals surface area (Å²) in [7, 11) is 1.70. The molecule has 0 saturated heterocycles. The van der Waals surface area contributed by atoms with Crippen LogP contribution in [0.1, 0.15) is 38.2 Å². The fraction of sp³-hybridized carbons (Fsp3) is 0.647. The van der Waals surface area contributed by atoms with Crippen LogP contribution in [-0.2, 0) is 4.74 Å². The Hall–Kier alpha value is -1.22. The molecule has 0 spiro atoms. The van der Waals surface area contributed by atoms with E-state index in [1.807, 2.05) is 0 Å². The van der Waals surface area contributed by atoms with Gasteiger partial charge < -0.3 is 14.8 Å². The monoisotopic (exact) mass is 277 g/mol. The number of rotatable bonds is 6. The van der Waals surface area contributed by atoms with Gasteiger partial charge in [-0.3, -0.25) is 0 Å². The Morgan fingerprint density at radius 2 is 1.90 bits per heavy atom. The van der Waals surface area contributed by atoms with Gasteiger partial charge in [-0.2, -0.15) is 0 Å². The summed E-state index contributed by atoms with van der Waals surface area (Å²) in [5.74, 6) is 1.82. The summed E-state index contributed by atoms with van der Waals surface area (Å²) in [4.78, 5) is 0. The van der Waals surface area contributed by atoms with E-state index in [9.17, 15) is 0 Å². The van der Waals surface area contributed by atoms with Crippen LogP contribution in [0.2, 0.25) is 0 Å². The quantitative estimate of drug-likeness (QED) is 0.797. The van der Waals surface area contributed by atoms with Gasteiger partial charge in [0.15, 0.2) is 0 Å². The molecule has 0 aromatic heterocycles. The van der Waals surface area contributed by atoms with Gasteiger partial charge in [0.25, 0.3) is 0 Å². The fourth-order valence-electron chi connectivity index (χ4n) is 2.73. The van der Waals surface area contributed by atoms with Crippen LogP contribution in [0.25, 0.3) is 0 Å². The first-order valence-corrected chi connectivity index (χ1v) is 7.68. The zero-order valence-corrected chi connectivity index (χ0v) is 12.9. The van der Waals surface area contributed by atoms with Crippen LogP contribution in [0.3, 0.4) is 0 Å². The minimum atomic E-state index is 0.582. The second-order valence-corrected chi connectivity index (χ2v) is 5.94. The van der Waals surface area contributed by atoms with Crippen molar-refractivity contribution in [1.82, 2.24) is 0 Å². The molecule has 0 bridgehead atoms. The lowest BCUT2D eigenvalue weighted by atomic mass is 9.87. The van der Waals surface area contributed by atoms with Gasteiger partial charge in [-0.15, -0.1) is 0 Å². The van der Waals surface area contributed by atoms with Crippen LogP contribution < -0.4 is 10.1 Å². The molecule has 3 heteroatoms. The van der Waals surface area contributed by atoms with Gasteiger partial charge in [0.1, 0.15) is 12.4 Å². The van der Waals surface area contributed by atoms with Gasteiger partial charge in [-0.1, -0.05) is 13.0 Å². The average Bonchev–Trinajstić information content (AvgIpc) is 2.44. The largest absolute Gasteiger partial charge is 0.489 e. The van der Waals surface area contributed by atoms with Crippen LogP contribution in [0.5, 0.6) is 5.75 Å². The molecule has 0 atom stereocenters. The second-order valence-electron chi connectivity index (χ2n) is 5.94. The van der Waals surface area contributed by atoms with Crippen molar-refractivity contribution in [3.05, 3.63) is 23.8 Å². The maximum Gasteiger partial charge on any atom is 0.142 e. The molecule has 1 fully saturated rings. The van der Waals surface area contributed by atoms with E-state index < -0.39 is 0 Å². The zero-order chi connectivity index (χ0) is 14.4. The van der Waals surface area contributed by atoms with Crippen molar-refractivity contribution >= 4 is 5.69 Å². The maximum atomic E-state index is 5.83. The maximum absolute atomic E-state index is 5.83. The molecule has 1 aromatic rings. The summed E-state index contributed by atoms with van der Waals surface area (Å²) in [5, 5.41) is 3.66. The van der Waals surface area contributed by atoms with Crippen LogP contribution >= 0.6 is 0 Å². The predicted molar refractivity (Wildman–Crippen MR) is 83.6 cm³/mol. The van der Waals surface area contributed by atoms with Crippen molar-refractivity contribution in [3.8, 4) is 5.75 Å². The second kappa shape index (κ2) is 7.53. The van der Waals surface area contributed by atoms with Crippen molar-refractivity contribution in [3.63, 3.8) is 0 Å². The Balaban J connectivity index is 1.98. The SMILES string of the molecule is COCCOc1cc(C)ccc1NC1CCC(C)CC1. The standard InChI is InChI=1S/C17H27NO2/c1-13-4-7-15(8-5-13)18-16-9-6-14(2)12-17(16)20-11-10-19-3/h6,9,12-13,15,18H,4-5,7-8,10-11H2,1-3H3. The van der Waals surface area contributed by atoms with Crippen LogP contribution in [0.15, 0.2) is 18.2 Å². The molecule has 0 unspecified atom stereocenters. The molecule has 1 aliphatic carbocycles. The van der Waals surface area contributed by atoms with E-state index in [0.717, 1.165) is 17.4 Å². The Morgan fingerprint density at radius 1 is 1.15 bits per heavy atom. The number of methoxy groups -OCH3 is 1. The van der Waals surface area contributed by atoms with Crippen LogP contribution in [0.4, 0.5) is 5.69 Å². The average molecular weight is 277 g/mol. The van der Waals surface area contributed by atoms with Crippen LogP contribution in [-0.4, -0.2) is 26.4 Å². The number of hydrogen-bond donors (Lipinski definition) is 1. The molecule has 1 saturated carbocycles. The van der Waals surface area contributed by atoms with E-state index in [0.29, 0.717) is 19.3 Å². The van der Waals surface area contributed by atoms with E-state index in [1.54, 1.807) is 7.11 Å². The third-order valence-electron chi connectivity index (χ3n) is 4.06. The minimum absolute atomic E-state index is 0.582. The highest BCUT2D eigenvalue weighted by Crippen LogP contribution is 2.31. The first-order valence-electron chi connectivity index (χ1n) is 7.68. The minimum Gasteiger partial charge on any atom is -0.489 e. The number of nitrogens with one attached hydrogen (secondary N) is 1. The van der Waals surface area contributed by atoms with Gasteiger partial charge in [-0.05, 0) is 56.2 Å². The molecular formula is C17H27NO2. The zero-order valence-electron chi connectivity index (χ0n) is 12.9. The van der Waals surface area contributed by atoms with E-state index in [4.69, 9.17) is 9.47 Å². The number of hydrogen-bond acceptors (Lipinski definition) is 3. The lowest BCUT2D eigenvalue weighted by Gasteiger charge is -2.28. The van der Waals surface area contributed by atoms with Crippen molar-refractivity contribution in [2.75, 3.05) is 25.6 Å². The van der Waals surface area contributed by atoms with Gasteiger partial charge in [0.05, 0.1) is 12.3 Å². The molecule has 0 aliphatic heterocycles. The molecule has 1 N–H and O–H groups in total. The molecule has 1 aromatic carbocycles. The molecule has 0 amide bonds. The highest BCUT2D eigenvalue weighted by atomic mass is 16.5. The van der Waals surface area contributed by atoms with Crippen LogP contribution in [0, 0.1) is 12.8 Å². The Morgan fingerprint density at radius 3 is 2.60 bits per heavy atom. The first-order chi connectivity index (χ1) is 9.69. The summed E-state index contributed by atoms with van der Waals surface area (Å²) in [6.45, 7) is 5.65. The number of ether oxygens (including phenoxy) is 2. The van der Waals surface area contributed by atoms with Gasteiger partial charge in [-0.25, -0.2) is 0 Å². The first kappa shape index (κ1) is 15.2. The fourth-order valence-corrected chi connectivity index (χ4v) is 2.73. The normalized spacial score (nSPS) is 22.6.